The first-order chi connectivity index (χ1) is 14.8. The second-order valence-electron chi connectivity index (χ2n) is 6.68. The Morgan fingerprint density at radius 3 is 2.27 bits per heavy atom. The van der Waals surface area contributed by atoms with Crippen molar-refractivity contribution in [1.29, 1.82) is 0 Å². The highest BCUT2D eigenvalue weighted by Crippen LogP contribution is 2.30. The Morgan fingerprint density at radius 2 is 1.63 bits per heavy atom. The molecule has 0 bridgehead atoms. The van der Waals surface area contributed by atoms with Gasteiger partial charge in [0.05, 0.1) is 35.2 Å². The number of nitrogens with one attached hydrogen (secondary N) is 4. The molecule has 148 valence electrons. The predicted molar refractivity (Wildman–Crippen MR) is 121 cm³/mol. The van der Waals surface area contributed by atoms with Crippen molar-refractivity contribution < 1.29 is 4.42 Å². The van der Waals surface area contributed by atoms with E-state index in [9.17, 15) is 0 Å². The highest BCUT2D eigenvalue weighted by molar-refractivity contribution is 7.80. The van der Waals surface area contributed by atoms with Gasteiger partial charge in [-0.1, -0.05) is 0 Å². The van der Waals surface area contributed by atoms with Crippen molar-refractivity contribution in [2.24, 2.45) is 0 Å². The summed E-state index contributed by atoms with van der Waals surface area (Å²) < 4.78 is 5.31. The van der Waals surface area contributed by atoms with Gasteiger partial charge in [0.2, 0.25) is 0 Å². The summed E-state index contributed by atoms with van der Waals surface area (Å²) in [5.74, 6) is 0.816. The van der Waals surface area contributed by atoms with Crippen LogP contribution in [0, 0.1) is 0 Å². The standard InChI is InChI=1S/C22H18N6OS/c30-22(25-13-15-4-3-11-29-15)26-14-7-8-16-19(12-14)28-21(18-6-2-10-24-18)20(27-16)17-5-1-9-23-17/h1-12,23-24H,13H2,(H2,25,26,30). The third kappa shape index (κ3) is 3.68. The van der Waals surface area contributed by atoms with Gasteiger partial charge in [0.1, 0.15) is 17.1 Å². The monoisotopic (exact) mass is 414 g/mol. The molecule has 0 aliphatic heterocycles. The lowest BCUT2D eigenvalue weighted by molar-refractivity contribution is 0.503. The van der Waals surface area contributed by atoms with E-state index >= 15 is 0 Å². The fourth-order valence-electron chi connectivity index (χ4n) is 3.22. The zero-order valence-corrected chi connectivity index (χ0v) is 16.7. The van der Waals surface area contributed by atoms with E-state index in [1.165, 1.54) is 0 Å². The normalized spacial score (nSPS) is 10.9. The van der Waals surface area contributed by atoms with Crippen molar-refractivity contribution in [3.05, 3.63) is 79.0 Å². The van der Waals surface area contributed by atoms with Crippen LogP contribution in [0.2, 0.25) is 0 Å². The third-order valence-electron chi connectivity index (χ3n) is 4.63. The summed E-state index contributed by atoms with van der Waals surface area (Å²) in [6.07, 6.45) is 5.39. The van der Waals surface area contributed by atoms with Crippen LogP contribution in [0.4, 0.5) is 5.69 Å². The summed E-state index contributed by atoms with van der Waals surface area (Å²) in [7, 11) is 0. The van der Waals surface area contributed by atoms with Crippen LogP contribution in [0.5, 0.6) is 0 Å². The fourth-order valence-corrected chi connectivity index (χ4v) is 3.41. The molecule has 0 unspecified atom stereocenters. The quantitative estimate of drug-likeness (QED) is 0.312. The van der Waals surface area contributed by atoms with Gasteiger partial charge in [0, 0.05) is 18.1 Å². The van der Waals surface area contributed by atoms with Gasteiger partial charge >= 0.3 is 0 Å². The lowest BCUT2D eigenvalue weighted by Crippen LogP contribution is -2.27. The number of hydrogen-bond acceptors (Lipinski definition) is 4. The number of fused-ring (bicyclic) bond motifs is 1. The Kier molecular flexibility index (Phi) is 4.74. The predicted octanol–water partition coefficient (Wildman–Crippen LogP) is 4.70. The molecular weight excluding hydrogens is 396 g/mol. The molecule has 0 fully saturated rings. The number of benzene rings is 1. The summed E-state index contributed by atoms with van der Waals surface area (Å²) in [5, 5.41) is 6.82. The van der Waals surface area contributed by atoms with E-state index in [1.54, 1.807) is 6.26 Å². The minimum Gasteiger partial charge on any atom is -0.467 e. The minimum atomic E-state index is 0.506. The number of anilines is 1. The first kappa shape index (κ1) is 18.1. The second kappa shape index (κ2) is 7.84. The molecular formula is C22H18N6OS. The maximum absolute atomic E-state index is 5.39. The molecule has 5 rings (SSSR count). The van der Waals surface area contributed by atoms with Gasteiger partial charge in [-0.25, -0.2) is 9.97 Å². The number of H-pyrrole nitrogens is 2. The molecule has 0 aliphatic carbocycles. The van der Waals surface area contributed by atoms with E-state index in [-0.39, 0.29) is 0 Å². The number of aromatic nitrogens is 4. The van der Waals surface area contributed by atoms with Crippen LogP contribution in [-0.4, -0.2) is 25.0 Å². The zero-order chi connectivity index (χ0) is 20.3. The average molecular weight is 414 g/mol. The smallest absolute Gasteiger partial charge is 0.171 e. The maximum Gasteiger partial charge on any atom is 0.171 e. The van der Waals surface area contributed by atoms with Gasteiger partial charge in [-0.2, -0.15) is 0 Å². The Hall–Kier alpha value is -3.91. The Bertz CT molecular complexity index is 1280. The molecule has 7 nitrogen and oxygen atoms in total. The summed E-state index contributed by atoms with van der Waals surface area (Å²) in [4.78, 5) is 16.2. The molecule has 0 spiro atoms. The third-order valence-corrected chi connectivity index (χ3v) is 4.88. The van der Waals surface area contributed by atoms with E-state index in [4.69, 9.17) is 26.6 Å². The summed E-state index contributed by atoms with van der Waals surface area (Å²) in [5.41, 5.74) is 5.81. The number of hydrogen-bond donors (Lipinski definition) is 4. The van der Waals surface area contributed by atoms with Crippen LogP contribution in [0.25, 0.3) is 33.8 Å². The van der Waals surface area contributed by atoms with Crippen molar-refractivity contribution in [2.45, 2.75) is 6.54 Å². The first-order valence-electron chi connectivity index (χ1n) is 9.43. The maximum atomic E-state index is 5.39. The largest absolute Gasteiger partial charge is 0.467 e. The van der Waals surface area contributed by atoms with E-state index in [2.05, 4.69) is 20.6 Å². The molecule has 30 heavy (non-hydrogen) atoms. The van der Waals surface area contributed by atoms with Crippen molar-refractivity contribution in [3.63, 3.8) is 0 Å². The number of furan rings is 1. The topological polar surface area (TPSA) is 94.6 Å². The first-order valence-corrected chi connectivity index (χ1v) is 9.84. The SMILES string of the molecule is S=C(NCc1ccco1)Nc1ccc2nc(-c3ccc[nH]3)c(-c3ccc[nH]3)nc2c1. The lowest BCUT2D eigenvalue weighted by atomic mass is 10.1. The highest BCUT2D eigenvalue weighted by atomic mass is 32.1. The van der Waals surface area contributed by atoms with Crippen LogP contribution in [0.15, 0.2) is 77.7 Å². The Labute approximate surface area is 177 Å². The number of rotatable bonds is 5. The number of aromatic amines is 2. The van der Waals surface area contributed by atoms with Crippen LogP contribution < -0.4 is 10.6 Å². The summed E-state index contributed by atoms with van der Waals surface area (Å²) in [6, 6.07) is 17.4. The van der Waals surface area contributed by atoms with Crippen molar-refractivity contribution in [2.75, 3.05) is 5.32 Å². The average Bonchev–Trinajstić information content (AvgIpc) is 3.54. The van der Waals surface area contributed by atoms with E-state index in [0.717, 1.165) is 45.3 Å². The zero-order valence-electron chi connectivity index (χ0n) is 15.8. The van der Waals surface area contributed by atoms with Gasteiger partial charge in [-0.15, -0.1) is 0 Å². The number of nitrogens with zero attached hydrogens (tertiary/aromatic N) is 2. The molecule has 4 heterocycles. The number of thiocarbonyl (C=S) groups is 1. The summed E-state index contributed by atoms with van der Waals surface area (Å²) >= 11 is 5.39. The molecule has 0 aliphatic rings. The van der Waals surface area contributed by atoms with E-state index in [1.807, 2.05) is 67.0 Å². The van der Waals surface area contributed by atoms with Gasteiger partial charge in [0.25, 0.3) is 0 Å². The van der Waals surface area contributed by atoms with Crippen molar-refractivity contribution >= 4 is 34.1 Å². The van der Waals surface area contributed by atoms with Crippen LogP contribution in [0.1, 0.15) is 5.76 Å². The minimum absolute atomic E-state index is 0.506. The van der Waals surface area contributed by atoms with Gasteiger partial charge in [0.15, 0.2) is 5.11 Å². The Balaban J connectivity index is 1.45. The molecule has 0 amide bonds. The van der Waals surface area contributed by atoms with Crippen molar-refractivity contribution in [1.82, 2.24) is 25.3 Å². The summed E-state index contributed by atoms with van der Waals surface area (Å²) in [6.45, 7) is 0.517. The molecule has 1 aromatic carbocycles. The molecule has 4 aromatic heterocycles. The van der Waals surface area contributed by atoms with Crippen LogP contribution in [0.3, 0.4) is 0 Å². The fraction of sp³-hybridized carbons (Fsp3) is 0.0455. The van der Waals surface area contributed by atoms with Gasteiger partial charge in [-0.3, -0.25) is 0 Å². The van der Waals surface area contributed by atoms with Crippen molar-refractivity contribution in [3.8, 4) is 22.8 Å². The van der Waals surface area contributed by atoms with Crippen LogP contribution >= 0.6 is 12.2 Å². The highest BCUT2D eigenvalue weighted by Gasteiger charge is 2.15. The van der Waals surface area contributed by atoms with Crippen LogP contribution in [-0.2, 0) is 6.54 Å². The second-order valence-corrected chi connectivity index (χ2v) is 7.09. The molecule has 0 saturated heterocycles. The molecule has 0 atom stereocenters. The van der Waals surface area contributed by atoms with E-state index < -0.39 is 0 Å². The Morgan fingerprint density at radius 1 is 0.900 bits per heavy atom. The van der Waals surface area contributed by atoms with Gasteiger partial charge in [-0.05, 0) is 66.8 Å². The lowest BCUT2D eigenvalue weighted by Gasteiger charge is -2.12. The molecule has 8 heteroatoms. The molecule has 4 N–H and O–H groups in total. The van der Waals surface area contributed by atoms with Gasteiger partial charge < -0.3 is 25.0 Å². The molecule has 0 radical (unpaired) electrons. The van der Waals surface area contributed by atoms with E-state index in [0.29, 0.717) is 11.7 Å². The molecule has 5 aromatic rings. The molecule has 0 saturated carbocycles.